The summed E-state index contributed by atoms with van der Waals surface area (Å²) >= 11 is 2.16. The molecule has 0 radical (unpaired) electrons. The SMILES string of the molecule is CCc1nc(C(=O)Nc2ccccc2I)n[nH]1. The van der Waals surface area contributed by atoms with Crippen LogP contribution in [0.5, 0.6) is 0 Å². The molecule has 0 spiro atoms. The molecular weight excluding hydrogens is 331 g/mol. The lowest BCUT2D eigenvalue weighted by atomic mass is 10.3. The van der Waals surface area contributed by atoms with E-state index < -0.39 is 0 Å². The van der Waals surface area contributed by atoms with E-state index in [9.17, 15) is 4.79 Å². The molecule has 0 aliphatic carbocycles. The van der Waals surface area contributed by atoms with Crippen LogP contribution in [-0.4, -0.2) is 21.1 Å². The van der Waals surface area contributed by atoms with Gasteiger partial charge in [0.25, 0.3) is 5.91 Å². The lowest BCUT2D eigenvalue weighted by molar-refractivity contribution is 0.101. The van der Waals surface area contributed by atoms with E-state index >= 15 is 0 Å². The maximum atomic E-state index is 11.8. The van der Waals surface area contributed by atoms with E-state index in [1.165, 1.54) is 0 Å². The number of para-hydroxylation sites is 1. The molecule has 0 saturated carbocycles. The fraction of sp³-hybridized carbons (Fsp3) is 0.182. The van der Waals surface area contributed by atoms with Gasteiger partial charge in [-0.2, -0.15) is 0 Å². The predicted molar refractivity (Wildman–Crippen MR) is 72.9 cm³/mol. The molecule has 1 aromatic carbocycles. The second kappa shape index (κ2) is 5.26. The molecular formula is C11H11IN4O. The Bertz CT molecular complexity index is 538. The summed E-state index contributed by atoms with van der Waals surface area (Å²) in [7, 11) is 0. The molecule has 0 fully saturated rings. The summed E-state index contributed by atoms with van der Waals surface area (Å²) in [4.78, 5) is 15.9. The number of carbonyl (C=O) groups excluding carboxylic acids is 1. The predicted octanol–water partition coefficient (Wildman–Crippen LogP) is 2.22. The van der Waals surface area contributed by atoms with Gasteiger partial charge in [0.1, 0.15) is 5.82 Å². The highest BCUT2D eigenvalue weighted by Gasteiger charge is 2.12. The molecule has 2 rings (SSSR count). The number of carbonyl (C=O) groups is 1. The van der Waals surface area contributed by atoms with Gasteiger partial charge in [0.05, 0.1) is 5.69 Å². The molecule has 5 nitrogen and oxygen atoms in total. The van der Waals surface area contributed by atoms with Crippen LogP contribution in [0.1, 0.15) is 23.4 Å². The first-order valence-electron chi connectivity index (χ1n) is 5.18. The van der Waals surface area contributed by atoms with Crippen molar-refractivity contribution < 1.29 is 4.79 Å². The van der Waals surface area contributed by atoms with Crippen molar-refractivity contribution in [3.63, 3.8) is 0 Å². The van der Waals surface area contributed by atoms with E-state index in [1.54, 1.807) is 0 Å². The third kappa shape index (κ3) is 2.82. The summed E-state index contributed by atoms with van der Waals surface area (Å²) in [6, 6.07) is 7.55. The first-order chi connectivity index (χ1) is 8.20. The van der Waals surface area contributed by atoms with Gasteiger partial charge in [-0.15, -0.1) is 5.10 Å². The van der Waals surface area contributed by atoms with Gasteiger partial charge in [0, 0.05) is 9.99 Å². The first kappa shape index (κ1) is 12.0. The molecule has 0 aliphatic rings. The summed E-state index contributed by atoms with van der Waals surface area (Å²) in [5, 5.41) is 9.35. The fourth-order valence-corrected chi connectivity index (χ4v) is 1.82. The number of halogens is 1. The van der Waals surface area contributed by atoms with Crippen molar-refractivity contribution in [2.24, 2.45) is 0 Å². The number of nitrogens with zero attached hydrogens (tertiary/aromatic N) is 2. The number of anilines is 1. The van der Waals surface area contributed by atoms with Gasteiger partial charge in [-0.1, -0.05) is 19.1 Å². The number of nitrogens with one attached hydrogen (secondary N) is 2. The summed E-state index contributed by atoms with van der Waals surface area (Å²) in [5.41, 5.74) is 0.765. The number of H-pyrrole nitrogens is 1. The van der Waals surface area contributed by atoms with Gasteiger partial charge in [0.2, 0.25) is 5.82 Å². The lowest BCUT2D eigenvalue weighted by Crippen LogP contribution is -2.14. The van der Waals surface area contributed by atoms with Gasteiger partial charge in [-0.25, -0.2) is 4.98 Å². The summed E-state index contributed by atoms with van der Waals surface area (Å²) < 4.78 is 0.977. The molecule has 0 bridgehead atoms. The van der Waals surface area contributed by atoms with E-state index in [0.29, 0.717) is 5.82 Å². The number of aromatic amines is 1. The van der Waals surface area contributed by atoms with Crippen molar-refractivity contribution in [1.82, 2.24) is 15.2 Å². The number of aromatic nitrogens is 3. The van der Waals surface area contributed by atoms with Gasteiger partial charge >= 0.3 is 0 Å². The highest BCUT2D eigenvalue weighted by Crippen LogP contribution is 2.17. The highest BCUT2D eigenvalue weighted by molar-refractivity contribution is 14.1. The Morgan fingerprint density at radius 1 is 1.47 bits per heavy atom. The monoisotopic (exact) mass is 342 g/mol. The smallest absolute Gasteiger partial charge is 0.295 e. The van der Waals surface area contributed by atoms with Crippen molar-refractivity contribution in [3.05, 3.63) is 39.5 Å². The zero-order chi connectivity index (χ0) is 12.3. The molecule has 0 aliphatic heterocycles. The third-order valence-corrected chi connectivity index (χ3v) is 3.13. The zero-order valence-corrected chi connectivity index (χ0v) is 11.4. The number of aryl methyl sites for hydroxylation is 1. The average Bonchev–Trinajstić information content (AvgIpc) is 2.81. The molecule has 1 aromatic heterocycles. The Morgan fingerprint density at radius 3 is 2.88 bits per heavy atom. The van der Waals surface area contributed by atoms with E-state index in [2.05, 4.69) is 43.1 Å². The molecule has 2 aromatic rings. The minimum Gasteiger partial charge on any atom is -0.318 e. The zero-order valence-electron chi connectivity index (χ0n) is 9.20. The maximum Gasteiger partial charge on any atom is 0.295 e. The van der Waals surface area contributed by atoms with Crippen molar-refractivity contribution in [1.29, 1.82) is 0 Å². The van der Waals surface area contributed by atoms with Crippen molar-refractivity contribution in [3.8, 4) is 0 Å². The van der Waals surface area contributed by atoms with Crippen molar-refractivity contribution in [2.45, 2.75) is 13.3 Å². The van der Waals surface area contributed by atoms with Gasteiger partial charge in [-0.05, 0) is 34.7 Å². The summed E-state index contributed by atoms with van der Waals surface area (Å²) in [6.07, 6.45) is 0.725. The normalized spacial score (nSPS) is 10.2. The Morgan fingerprint density at radius 2 is 2.24 bits per heavy atom. The number of amides is 1. The molecule has 2 N–H and O–H groups in total. The standard InChI is InChI=1S/C11H11IN4O/c1-2-9-14-10(16-15-9)11(17)13-8-6-4-3-5-7(8)12/h3-6H,2H2,1H3,(H,13,17)(H,14,15,16). The average molecular weight is 342 g/mol. The Balaban J connectivity index is 2.14. The van der Waals surface area contributed by atoms with Crippen LogP contribution < -0.4 is 5.32 Å². The molecule has 0 saturated heterocycles. The van der Waals surface area contributed by atoms with Crippen molar-refractivity contribution in [2.75, 3.05) is 5.32 Å². The van der Waals surface area contributed by atoms with Crippen LogP contribution >= 0.6 is 22.6 Å². The van der Waals surface area contributed by atoms with Crippen LogP contribution in [0.4, 0.5) is 5.69 Å². The second-order valence-corrected chi connectivity index (χ2v) is 4.56. The van der Waals surface area contributed by atoms with Crippen LogP contribution in [-0.2, 0) is 6.42 Å². The molecule has 6 heteroatoms. The molecule has 0 unspecified atom stereocenters. The quantitative estimate of drug-likeness (QED) is 0.841. The number of rotatable bonds is 3. The maximum absolute atomic E-state index is 11.8. The van der Waals surface area contributed by atoms with Crippen molar-refractivity contribution >= 4 is 34.2 Å². The molecule has 17 heavy (non-hydrogen) atoms. The van der Waals surface area contributed by atoms with Crippen LogP contribution in [0, 0.1) is 3.57 Å². The molecule has 0 atom stereocenters. The number of benzene rings is 1. The van der Waals surface area contributed by atoms with E-state index in [4.69, 9.17) is 0 Å². The van der Waals surface area contributed by atoms with Crippen LogP contribution in [0.2, 0.25) is 0 Å². The molecule has 88 valence electrons. The minimum atomic E-state index is -0.301. The minimum absolute atomic E-state index is 0.168. The summed E-state index contributed by atoms with van der Waals surface area (Å²) in [6.45, 7) is 1.95. The fourth-order valence-electron chi connectivity index (χ4n) is 1.30. The van der Waals surface area contributed by atoms with E-state index in [1.807, 2.05) is 31.2 Å². The Hall–Kier alpha value is -1.44. The van der Waals surface area contributed by atoms with Crippen LogP contribution in [0.25, 0.3) is 0 Å². The lowest BCUT2D eigenvalue weighted by Gasteiger charge is -2.04. The number of hydrogen-bond acceptors (Lipinski definition) is 3. The first-order valence-corrected chi connectivity index (χ1v) is 6.25. The van der Waals surface area contributed by atoms with Gasteiger partial charge in [0.15, 0.2) is 0 Å². The third-order valence-electron chi connectivity index (χ3n) is 2.19. The molecule has 1 heterocycles. The second-order valence-electron chi connectivity index (χ2n) is 3.39. The Labute approximate surface area is 112 Å². The van der Waals surface area contributed by atoms with Crippen LogP contribution in [0.15, 0.2) is 24.3 Å². The van der Waals surface area contributed by atoms with Gasteiger partial charge in [-0.3, -0.25) is 9.89 Å². The summed E-state index contributed by atoms with van der Waals surface area (Å²) in [5.74, 6) is 0.574. The van der Waals surface area contributed by atoms with E-state index in [-0.39, 0.29) is 11.7 Å². The van der Waals surface area contributed by atoms with Gasteiger partial charge < -0.3 is 5.32 Å². The highest BCUT2D eigenvalue weighted by atomic mass is 127. The molecule has 1 amide bonds. The largest absolute Gasteiger partial charge is 0.318 e. The Kier molecular flexibility index (Phi) is 3.72. The number of hydrogen-bond donors (Lipinski definition) is 2. The topological polar surface area (TPSA) is 70.7 Å². The van der Waals surface area contributed by atoms with E-state index in [0.717, 1.165) is 15.7 Å². The van der Waals surface area contributed by atoms with Crippen LogP contribution in [0.3, 0.4) is 0 Å².